The van der Waals surface area contributed by atoms with Crippen LogP contribution in [0.15, 0.2) is 4.42 Å². The van der Waals surface area contributed by atoms with Crippen LogP contribution in [0.5, 0.6) is 0 Å². The topological polar surface area (TPSA) is 63.0 Å². The van der Waals surface area contributed by atoms with Gasteiger partial charge in [0.05, 0.1) is 6.04 Å². The Kier molecular flexibility index (Phi) is 5.72. The first-order valence-corrected chi connectivity index (χ1v) is 8.77. The van der Waals surface area contributed by atoms with Crippen molar-refractivity contribution in [3.8, 4) is 0 Å². The van der Waals surface area contributed by atoms with Gasteiger partial charge in [0.1, 0.15) is 0 Å². The van der Waals surface area contributed by atoms with Crippen molar-refractivity contribution in [2.75, 3.05) is 24.7 Å². The minimum atomic E-state index is 0.104. The van der Waals surface area contributed by atoms with E-state index in [0.717, 1.165) is 13.1 Å². The standard InChI is InChI=1S/C14H26N4OS/c1-4-15-11(2)12-17-18-13(19-12)16-10-14(20-3)8-6-5-7-9-14/h11,15H,4-10H2,1-3H3,(H,16,18). The normalized spacial score (nSPS) is 19.8. The van der Waals surface area contributed by atoms with Gasteiger partial charge in [-0.2, -0.15) is 11.8 Å². The summed E-state index contributed by atoms with van der Waals surface area (Å²) in [6.45, 7) is 5.90. The smallest absolute Gasteiger partial charge is 0.315 e. The van der Waals surface area contributed by atoms with E-state index in [1.165, 1.54) is 32.1 Å². The van der Waals surface area contributed by atoms with Crippen molar-refractivity contribution in [3.05, 3.63) is 5.89 Å². The molecule has 1 aliphatic rings. The maximum absolute atomic E-state index is 5.67. The van der Waals surface area contributed by atoms with Crippen molar-refractivity contribution >= 4 is 17.8 Å². The molecule has 114 valence electrons. The van der Waals surface area contributed by atoms with Gasteiger partial charge in [-0.15, -0.1) is 5.10 Å². The molecule has 1 aromatic rings. The van der Waals surface area contributed by atoms with Crippen LogP contribution >= 0.6 is 11.8 Å². The Morgan fingerprint density at radius 2 is 2.05 bits per heavy atom. The fraction of sp³-hybridized carbons (Fsp3) is 0.857. The molecule has 1 unspecified atom stereocenters. The van der Waals surface area contributed by atoms with E-state index in [1.54, 1.807) is 0 Å². The molecule has 0 radical (unpaired) electrons. The molecular weight excluding hydrogens is 272 g/mol. The number of nitrogens with one attached hydrogen (secondary N) is 2. The molecule has 0 spiro atoms. The monoisotopic (exact) mass is 298 g/mol. The number of rotatable bonds is 7. The molecular formula is C14H26N4OS. The molecule has 20 heavy (non-hydrogen) atoms. The molecule has 0 saturated heterocycles. The Morgan fingerprint density at radius 3 is 2.70 bits per heavy atom. The van der Waals surface area contributed by atoms with Crippen LogP contribution in [-0.2, 0) is 0 Å². The number of anilines is 1. The molecule has 0 bridgehead atoms. The van der Waals surface area contributed by atoms with Gasteiger partial charge in [-0.3, -0.25) is 0 Å². The second-order valence-electron chi connectivity index (χ2n) is 5.53. The lowest BCUT2D eigenvalue weighted by Crippen LogP contribution is -2.35. The molecule has 6 heteroatoms. The predicted molar refractivity (Wildman–Crippen MR) is 84.2 cm³/mol. The molecule has 1 saturated carbocycles. The Labute approximate surface area is 125 Å². The highest BCUT2D eigenvalue weighted by Crippen LogP contribution is 2.38. The van der Waals surface area contributed by atoms with Gasteiger partial charge < -0.3 is 15.1 Å². The summed E-state index contributed by atoms with van der Waals surface area (Å²) in [6, 6.07) is 0.649. The van der Waals surface area contributed by atoms with Crippen LogP contribution in [-0.4, -0.2) is 34.3 Å². The Balaban J connectivity index is 1.90. The molecule has 0 aromatic carbocycles. The number of thioether (sulfide) groups is 1. The first kappa shape index (κ1) is 15.6. The van der Waals surface area contributed by atoms with E-state index in [2.05, 4.69) is 34.0 Å². The SMILES string of the molecule is CCNC(C)c1nnc(NCC2(SC)CCCCC2)o1. The van der Waals surface area contributed by atoms with E-state index >= 15 is 0 Å². The highest BCUT2D eigenvalue weighted by molar-refractivity contribution is 8.00. The summed E-state index contributed by atoms with van der Waals surface area (Å²) in [6.07, 6.45) is 8.78. The summed E-state index contributed by atoms with van der Waals surface area (Å²) in [5, 5.41) is 14.8. The Bertz CT molecular complexity index is 404. The van der Waals surface area contributed by atoms with Gasteiger partial charge in [0.15, 0.2) is 0 Å². The van der Waals surface area contributed by atoms with Gasteiger partial charge in [-0.05, 0) is 32.6 Å². The van der Waals surface area contributed by atoms with Crippen LogP contribution in [0.25, 0.3) is 0 Å². The maximum Gasteiger partial charge on any atom is 0.315 e. The summed E-state index contributed by atoms with van der Waals surface area (Å²) in [5.41, 5.74) is 0. The Hall–Kier alpha value is -0.750. The van der Waals surface area contributed by atoms with E-state index in [-0.39, 0.29) is 6.04 Å². The van der Waals surface area contributed by atoms with Gasteiger partial charge in [-0.1, -0.05) is 31.3 Å². The van der Waals surface area contributed by atoms with Crippen molar-refractivity contribution in [2.45, 2.75) is 56.7 Å². The third kappa shape index (κ3) is 3.88. The lowest BCUT2D eigenvalue weighted by Gasteiger charge is -2.35. The summed E-state index contributed by atoms with van der Waals surface area (Å²) in [4.78, 5) is 0. The van der Waals surface area contributed by atoms with Gasteiger partial charge in [0.2, 0.25) is 5.89 Å². The average Bonchev–Trinajstić information content (AvgIpc) is 2.95. The van der Waals surface area contributed by atoms with Crippen LogP contribution in [0, 0.1) is 0 Å². The second kappa shape index (κ2) is 7.31. The lowest BCUT2D eigenvalue weighted by molar-refractivity contribution is 0.401. The predicted octanol–water partition coefficient (Wildman–Crippen LogP) is 3.22. The van der Waals surface area contributed by atoms with Gasteiger partial charge in [0.25, 0.3) is 0 Å². The average molecular weight is 298 g/mol. The quantitative estimate of drug-likeness (QED) is 0.806. The maximum atomic E-state index is 5.67. The van der Waals surface area contributed by atoms with Gasteiger partial charge in [0, 0.05) is 11.3 Å². The third-order valence-electron chi connectivity index (χ3n) is 4.08. The number of hydrogen-bond acceptors (Lipinski definition) is 6. The summed E-state index contributed by atoms with van der Waals surface area (Å²) < 4.78 is 6.01. The zero-order chi connectivity index (χ0) is 14.4. The molecule has 1 atom stereocenters. The van der Waals surface area contributed by atoms with E-state index in [4.69, 9.17) is 4.42 Å². The lowest BCUT2D eigenvalue weighted by atomic mass is 9.88. The van der Waals surface area contributed by atoms with Crippen LogP contribution in [0.2, 0.25) is 0 Å². The summed E-state index contributed by atoms with van der Waals surface area (Å²) in [5.74, 6) is 0.649. The molecule has 1 aliphatic carbocycles. The largest absolute Gasteiger partial charge is 0.406 e. The molecule has 1 fully saturated rings. The number of aromatic nitrogens is 2. The minimum absolute atomic E-state index is 0.104. The van der Waals surface area contributed by atoms with Crippen molar-refractivity contribution in [2.24, 2.45) is 0 Å². The van der Waals surface area contributed by atoms with E-state index in [1.807, 2.05) is 18.7 Å². The molecule has 2 rings (SSSR count). The minimum Gasteiger partial charge on any atom is -0.406 e. The molecule has 0 aliphatic heterocycles. The van der Waals surface area contributed by atoms with Crippen molar-refractivity contribution < 1.29 is 4.42 Å². The molecule has 5 nitrogen and oxygen atoms in total. The van der Waals surface area contributed by atoms with Crippen LogP contribution < -0.4 is 10.6 Å². The van der Waals surface area contributed by atoms with E-state index in [0.29, 0.717) is 16.7 Å². The van der Waals surface area contributed by atoms with Gasteiger partial charge in [-0.25, -0.2) is 0 Å². The van der Waals surface area contributed by atoms with Crippen molar-refractivity contribution in [3.63, 3.8) is 0 Å². The van der Waals surface area contributed by atoms with Crippen molar-refractivity contribution in [1.29, 1.82) is 0 Å². The summed E-state index contributed by atoms with van der Waals surface area (Å²) >= 11 is 1.97. The Morgan fingerprint density at radius 1 is 1.30 bits per heavy atom. The highest BCUT2D eigenvalue weighted by atomic mass is 32.2. The van der Waals surface area contributed by atoms with Crippen molar-refractivity contribution in [1.82, 2.24) is 15.5 Å². The summed E-state index contributed by atoms with van der Waals surface area (Å²) in [7, 11) is 0. The van der Waals surface area contributed by atoms with Crippen LogP contribution in [0.3, 0.4) is 0 Å². The molecule has 1 aromatic heterocycles. The fourth-order valence-electron chi connectivity index (χ4n) is 2.76. The first-order chi connectivity index (χ1) is 9.69. The zero-order valence-corrected chi connectivity index (χ0v) is 13.6. The molecule has 2 N–H and O–H groups in total. The number of nitrogens with zero attached hydrogens (tertiary/aromatic N) is 2. The van der Waals surface area contributed by atoms with E-state index < -0.39 is 0 Å². The molecule has 1 heterocycles. The second-order valence-corrected chi connectivity index (χ2v) is 6.80. The van der Waals surface area contributed by atoms with Gasteiger partial charge >= 0.3 is 6.01 Å². The molecule has 0 amide bonds. The third-order valence-corrected chi connectivity index (χ3v) is 5.50. The number of hydrogen-bond donors (Lipinski definition) is 2. The zero-order valence-electron chi connectivity index (χ0n) is 12.7. The highest BCUT2D eigenvalue weighted by Gasteiger charge is 2.31. The van der Waals surface area contributed by atoms with E-state index in [9.17, 15) is 0 Å². The van der Waals surface area contributed by atoms with Crippen LogP contribution in [0.4, 0.5) is 6.01 Å². The first-order valence-electron chi connectivity index (χ1n) is 7.55. The fourth-order valence-corrected chi connectivity index (χ4v) is 3.67. The van der Waals surface area contributed by atoms with Crippen LogP contribution in [0.1, 0.15) is 57.9 Å².